The number of rotatable bonds is 4. The van der Waals surface area contributed by atoms with Gasteiger partial charge in [-0.3, -0.25) is 4.79 Å². The smallest absolute Gasteiger partial charge is 0.261 e. The fourth-order valence-corrected chi connectivity index (χ4v) is 2.90. The van der Waals surface area contributed by atoms with Crippen molar-refractivity contribution in [1.82, 2.24) is 5.32 Å². The third-order valence-corrected chi connectivity index (χ3v) is 4.04. The van der Waals surface area contributed by atoms with Crippen molar-refractivity contribution in [2.75, 3.05) is 6.54 Å². The molecule has 0 radical (unpaired) electrons. The number of amides is 1. The lowest BCUT2D eigenvalue weighted by Gasteiger charge is -2.04. The highest BCUT2D eigenvalue weighted by Crippen LogP contribution is 2.20. The first-order valence-electron chi connectivity index (χ1n) is 5.49. The Hall–Kier alpha value is -0.740. The van der Waals surface area contributed by atoms with Gasteiger partial charge in [-0.1, -0.05) is 11.6 Å². The molecule has 1 aromatic heterocycles. The third-order valence-electron chi connectivity index (χ3n) is 2.68. The lowest BCUT2D eigenvalue weighted by atomic mass is 10.2. The minimum atomic E-state index is 0.0175. The van der Waals surface area contributed by atoms with Gasteiger partial charge in [0.2, 0.25) is 0 Å². The Morgan fingerprint density at radius 3 is 3.06 bits per heavy atom. The molecule has 1 heterocycles. The zero-order valence-corrected chi connectivity index (χ0v) is 10.7. The van der Waals surface area contributed by atoms with E-state index in [9.17, 15) is 4.79 Å². The van der Waals surface area contributed by atoms with Gasteiger partial charge in [-0.05, 0) is 31.7 Å². The average molecular weight is 253 g/mol. The van der Waals surface area contributed by atoms with E-state index < -0.39 is 0 Å². The SMILES string of the molecule is O=C(NCCC1=CCCC1)c1cc(S)cs1. The van der Waals surface area contributed by atoms with E-state index in [-0.39, 0.29) is 5.91 Å². The van der Waals surface area contributed by atoms with Crippen molar-refractivity contribution >= 4 is 29.9 Å². The molecule has 0 aromatic carbocycles. The normalized spacial score (nSPS) is 14.9. The highest BCUT2D eigenvalue weighted by molar-refractivity contribution is 7.80. The van der Waals surface area contributed by atoms with Gasteiger partial charge in [0.1, 0.15) is 0 Å². The largest absolute Gasteiger partial charge is 0.351 e. The Labute approximate surface area is 105 Å². The number of thiol groups is 1. The predicted molar refractivity (Wildman–Crippen MR) is 70.5 cm³/mol. The van der Waals surface area contributed by atoms with Crippen molar-refractivity contribution in [2.24, 2.45) is 0 Å². The van der Waals surface area contributed by atoms with E-state index in [4.69, 9.17) is 0 Å². The first kappa shape index (κ1) is 11.7. The molecule has 2 nitrogen and oxygen atoms in total. The van der Waals surface area contributed by atoms with Crippen LogP contribution >= 0.6 is 24.0 Å². The quantitative estimate of drug-likeness (QED) is 0.626. The number of allylic oxidation sites excluding steroid dienone is 1. The van der Waals surface area contributed by atoms with Crippen LogP contribution in [0.15, 0.2) is 28.0 Å². The average Bonchev–Trinajstić information content (AvgIpc) is 2.89. The van der Waals surface area contributed by atoms with Crippen LogP contribution in [0.4, 0.5) is 0 Å². The maximum Gasteiger partial charge on any atom is 0.261 e. The highest BCUT2D eigenvalue weighted by Gasteiger charge is 2.08. The topological polar surface area (TPSA) is 29.1 Å². The predicted octanol–water partition coefficient (Wildman–Crippen LogP) is 3.27. The molecule has 0 saturated heterocycles. The Balaban J connectivity index is 1.75. The molecule has 0 atom stereocenters. The second kappa shape index (κ2) is 5.55. The van der Waals surface area contributed by atoms with E-state index in [0.717, 1.165) is 22.7 Å². The summed E-state index contributed by atoms with van der Waals surface area (Å²) in [5.41, 5.74) is 1.49. The van der Waals surface area contributed by atoms with E-state index in [0.29, 0.717) is 0 Å². The monoisotopic (exact) mass is 253 g/mol. The third kappa shape index (κ3) is 3.12. The van der Waals surface area contributed by atoms with Gasteiger partial charge in [-0.25, -0.2) is 0 Å². The minimum Gasteiger partial charge on any atom is -0.351 e. The molecule has 1 aliphatic carbocycles. The number of carbonyl (C=O) groups excluding carboxylic acids is 1. The Morgan fingerprint density at radius 1 is 1.56 bits per heavy atom. The Morgan fingerprint density at radius 2 is 2.44 bits per heavy atom. The van der Waals surface area contributed by atoms with E-state index >= 15 is 0 Å². The van der Waals surface area contributed by atoms with Crippen molar-refractivity contribution in [1.29, 1.82) is 0 Å². The molecule has 4 heteroatoms. The summed E-state index contributed by atoms with van der Waals surface area (Å²) >= 11 is 5.62. The number of thiophene rings is 1. The molecule has 2 rings (SSSR count). The molecule has 0 unspecified atom stereocenters. The molecule has 16 heavy (non-hydrogen) atoms. The molecular formula is C12H15NOS2. The zero-order valence-electron chi connectivity index (χ0n) is 9.03. The Bertz CT molecular complexity index is 409. The van der Waals surface area contributed by atoms with Crippen LogP contribution in [0.2, 0.25) is 0 Å². The van der Waals surface area contributed by atoms with Gasteiger partial charge in [-0.2, -0.15) is 0 Å². The molecule has 1 aliphatic rings. The van der Waals surface area contributed by atoms with Crippen LogP contribution in [-0.4, -0.2) is 12.5 Å². The summed E-state index contributed by atoms with van der Waals surface area (Å²) in [5, 5.41) is 4.81. The van der Waals surface area contributed by atoms with Crippen molar-refractivity contribution < 1.29 is 4.79 Å². The van der Waals surface area contributed by atoms with E-state index in [1.54, 1.807) is 6.07 Å². The van der Waals surface area contributed by atoms with Gasteiger partial charge >= 0.3 is 0 Å². The van der Waals surface area contributed by atoms with Crippen molar-refractivity contribution in [2.45, 2.75) is 30.6 Å². The summed E-state index contributed by atoms with van der Waals surface area (Å²) in [6.07, 6.45) is 6.97. The van der Waals surface area contributed by atoms with Crippen molar-refractivity contribution in [3.05, 3.63) is 28.0 Å². The van der Waals surface area contributed by atoms with Crippen LogP contribution in [-0.2, 0) is 0 Å². The van der Waals surface area contributed by atoms with Crippen LogP contribution in [0.1, 0.15) is 35.4 Å². The fraction of sp³-hybridized carbons (Fsp3) is 0.417. The van der Waals surface area contributed by atoms with Gasteiger partial charge < -0.3 is 5.32 Å². The first-order valence-corrected chi connectivity index (χ1v) is 6.82. The molecule has 0 bridgehead atoms. The van der Waals surface area contributed by atoms with Gasteiger partial charge in [0.15, 0.2) is 0 Å². The second-order valence-electron chi connectivity index (χ2n) is 3.93. The number of carbonyl (C=O) groups is 1. The number of nitrogens with one attached hydrogen (secondary N) is 1. The molecule has 0 fully saturated rings. The highest BCUT2D eigenvalue weighted by atomic mass is 32.1. The maximum atomic E-state index is 11.7. The first-order chi connectivity index (χ1) is 7.75. The Kier molecular flexibility index (Phi) is 4.07. The van der Waals surface area contributed by atoms with Crippen LogP contribution < -0.4 is 5.32 Å². The summed E-state index contributed by atoms with van der Waals surface area (Å²) in [4.78, 5) is 13.3. The number of hydrogen-bond donors (Lipinski definition) is 2. The zero-order chi connectivity index (χ0) is 11.4. The van der Waals surface area contributed by atoms with Crippen LogP contribution in [0.5, 0.6) is 0 Å². The molecule has 1 aromatic rings. The van der Waals surface area contributed by atoms with Crippen LogP contribution in [0, 0.1) is 0 Å². The van der Waals surface area contributed by atoms with Crippen molar-refractivity contribution in [3.63, 3.8) is 0 Å². The summed E-state index contributed by atoms with van der Waals surface area (Å²) < 4.78 is 0. The van der Waals surface area contributed by atoms with Gasteiger partial charge in [0.25, 0.3) is 5.91 Å². The van der Waals surface area contributed by atoms with Crippen LogP contribution in [0.3, 0.4) is 0 Å². The van der Waals surface area contributed by atoms with E-state index in [2.05, 4.69) is 24.0 Å². The lowest BCUT2D eigenvalue weighted by molar-refractivity contribution is 0.0958. The molecular weight excluding hydrogens is 238 g/mol. The minimum absolute atomic E-state index is 0.0175. The summed E-state index contributed by atoms with van der Waals surface area (Å²) in [6.45, 7) is 0.741. The maximum absolute atomic E-state index is 11.7. The molecule has 1 N–H and O–H groups in total. The summed E-state index contributed by atoms with van der Waals surface area (Å²) in [5.74, 6) is 0.0175. The van der Waals surface area contributed by atoms with Gasteiger partial charge in [0, 0.05) is 16.8 Å². The number of hydrogen-bond acceptors (Lipinski definition) is 3. The fourth-order valence-electron chi connectivity index (χ4n) is 1.83. The van der Waals surface area contributed by atoms with E-state index in [1.165, 1.54) is 36.2 Å². The van der Waals surface area contributed by atoms with Gasteiger partial charge in [0.05, 0.1) is 4.88 Å². The molecule has 86 valence electrons. The summed E-state index contributed by atoms with van der Waals surface area (Å²) in [7, 11) is 0. The van der Waals surface area contributed by atoms with Gasteiger partial charge in [-0.15, -0.1) is 24.0 Å². The molecule has 0 aliphatic heterocycles. The molecule has 0 spiro atoms. The van der Waals surface area contributed by atoms with Crippen LogP contribution in [0.25, 0.3) is 0 Å². The lowest BCUT2D eigenvalue weighted by Crippen LogP contribution is -2.23. The molecule has 1 amide bonds. The second-order valence-corrected chi connectivity index (χ2v) is 5.36. The molecule has 0 saturated carbocycles. The standard InChI is InChI=1S/C12H15NOS2/c14-12(11-7-10(15)8-16-11)13-6-5-9-3-1-2-4-9/h3,7-8,15H,1-2,4-6H2,(H,13,14). The van der Waals surface area contributed by atoms with E-state index in [1.807, 2.05) is 5.38 Å². The van der Waals surface area contributed by atoms with Crippen molar-refractivity contribution in [3.8, 4) is 0 Å². The summed E-state index contributed by atoms with van der Waals surface area (Å²) in [6, 6.07) is 1.80.